The lowest BCUT2D eigenvalue weighted by molar-refractivity contribution is -0.115. The summed E-state index contributed by atoms with van der Waals surface area (Å²) < 4.78 is 0. The van der Waals surface area contributed by atoms with Crippen molar-refractivity contribution in [1.29, 1.82) is 0 Å². The Balaban J connectivity index is 1.99. The van der Waals surface area contributed by atoms with Crippen LogP contribution in [0.15, 0.2) is 73.1 Å². The van der Waals surface area contributed by atoms with E-state index in [0.717, 1.165) is 22.2 Å². The molecule has 0 saturated heterocycles. The zero-order valence-electron chi connectivity index (χ0n) is 12.3. The highest BCUT2D eigenvalue weighted by Gasteiger charge is 2.07. The second kappa shape index (κ2) is 6.22. The number of aromatic nitrogens is 1. The quantitative estimate of drug-likeness (QED) is 0.721. The van der Waals surface area contributed by atoms with Crippen LogP contribution in [0.25, 0.3) is 17.0 Å². The fourth-order valence-corrected chi connectivity index (χ4v) is 2.38. The van der Waals surface area contributed by atoms with Crippen LogP contribution < -0.4 is 4.90 Å². The van der Waals surface area contributed by atoms with Crippen molar-refractivity contribution < 1.29 is 4.79 Å². The maximum Gasteiger partial charge on any atom is 0.227 e. The van der Waals surface area contributed by atoms with Crippen molar-refractivity contribution >= 4 is 28.6 Å². The van der Waals surface area contributed by atoms with Crippen LogP contribution in [0.2, 0.25) is 0 Å². The van der Waals surface area contributed by atoms with Gasteiger partial charge in [-0.1, -0.05) is 36.4 Å². The van der Waals surface area contributed by atoms with E-state index in [1.54, 1.807) is 24.2 Å². The van der Waals surface area contributed by atoms with Gasteiger partial charge in [-0.2, -0.15) is 0 Å². The van der Waals surface area contributed by atoms with Crippen LogP contribution in [0.5, 0.6) is 0 Å². The minimum absolute atomic E-state index is 0.0270. The molecule has 1 heterocycles. The number of benzene rings is 2. The Hall–Kier alpha value is -2.94. The molecule has 3 aromatic rings. The Morgan fingerprint density at radius 2 is 1.73 bits per heavy atom. The molecule has 0 radical (unpaired) electrons. The number of carbonyl (C=O) groups excluding carboxylic acids is 1. The molecule has 1 aromatic heterocycles. The molecule has 3 nitrogen and oxygen atoms in total. The first-order valence-electron chi connectivity index (χ1n) is 7.12. The summed E-state index contributed by atoms with van der Waals surface area (Å²) in [5.74, 6) is -0.0270. The van der Waals surface area contributed by atoms with Gasteiger partial charge in [0.25, 0.3) is 0 Å². The molecule has 0 saturated carbocycles. The molecular formula is C19H16N2O. The Bertz CT molecular complexity index is 820. The van der Waals surface area contributed by atoms with Crippen LogP contribution in [-0.4, -0.2) is 10.9 Å². The maximum absolute atomic E-state index is 11.9. The molecule has 0 fully saturated rings. The third kappa shape index (κ3) is 2.88. The maximum atomic E-state index is 11.9. The molecular weight excluding hydrogens is 272 g/mol. The molecule has 0 spiro atoms. The van der Waals surface area contributed by atoms with Crippen LogP contribution >= 0.6 is 0 Å². The number of carbonyl (C=O) groups is 1. The van der Waals surface area contributed by atoms with E-state index in [0.29, 0.717) is 0 Å². The summed E-state index contributed by atoms with van der Waals surface area (Å²) in [4.78, 5) is 17.9. The highest BCUT2D eigenvalue weighted by atomic mass is 16.2. The first-order valence-corrected chi connectivity index (χ1v) is 7.12. The van der Waals surface area contributed by atoms with Crippen molar-refractivity contribution in [3.63, 3.8) is 0 Å². The molecule has 0 atom stereocenters. The van der Waals surface area contributed by atoms with E-state index in [-0.39, 0.29) is 5.91 Å². The first kappa shape index (κ1) is 14.0. The third-order valence-electron chi connectivity index (χ3n) is 3.46. The van der Waals surface area contributed by atoms with Gasteiger partial charge in [0.05, 0.1) is 5.52 Å². The molecule has 3 rings (SSSR count). The van der Waals surface area contributed by atoms with Gasteiger partial charge >= 0.3 is 0 Å². The van der Waals surface area contributed by atoms with Gasteiger partial charge < -0.3 is 0 Å². The number of hydrogen-bond donors (Lipinski definition) is 0. The van der Waals surface area contributed by atoms with Crippen LogP contribution in [0.1, 0.15) is 12.5 Å². The number of fused-ring (bicyclic) bond motifs is 1. The van der Waals surface area contributed by atoms with E-state index in [4.69, 9.17) is 0 Å². The number of anilines is 1. The predicted molar refractivity (Wildman–Crippen MR) is 90.4 cm³/mol. The zero-order chi connectivity index (χ0) is 15.4. The van der Waals surface area contributed by atoms with Crippen molar-refractivity contribution in [2.45, 2.75) is 6.92 Å². The van der Waals surface area contributed by atoms with Crippen molar-refractivity contribution in [3.8, 4) is 0 Å². The number of nitrogens with zero attached hydrogens (tertiary/aromatic N) is 2. The fraction of sp³-hybridized carbons (Fsp3) is 0.0526. The average molecular weight is 288 g/mol. The zero-order valence-corrected chi connectivity index (χ0v) is 12.3. The molecule has 0 unspecified atom stereocenters. The van der Waals surface area contributed by atoms with Gasteiger partial charge in [-0.15, -0.1) is 0 Å². The number of amides is 1. The Kier molecular flexibility index (Phi) is 3.97. The van der Waals surface area contributed by atoms with Gasteiger partial charge in [-0.05, 0) is 35.9 Å². The number of pyridine rings is 1. The summed E-state index contributed by atoms with van der Waals surface area (Å²) in [7, 11) is 0. The van der Waals surface area contributed by atoms with Crippen molar-refractivity contribution in [3.05, 3.63) is 78.6 Å². The van der Waals surface area contributed by atoms with Gasteiger partial charge in [0.15, 0.2) is 0 Å². The average Bonchev–Trinajstić information content (AvgIpc) is 2.56. The molecule has 2 aromatic carbocycles. The van der Waals surface area contributed by atoms with Crippen LogP contribution in [0, 0.1) is 0 Å². The molecule has 108 valence electrons. The molecule has 22 heavy (non-hydrogen) atoms. The molecule has 3 heteroatoms. The number of rotatable bonds is 3. The molecule has 0 aliphatic carbocycles. The molecule has 1 amide bonds. The van der Waals surface area contributed by atoms with Crippen LogP contribution in [0.4, 0.5) is 5.69 Å². The first-order chi connectivity index (χ1) is 10.8. The molecule has 0 bridgehead atoms. The van der Waals surface area contributed by atoms with Gasteiger partial charge in [0.1, 0.15) is 0 Å². The lowest BCUT2D eigenvalue weighted by Crippen LogP contribution is -2.21. The van der Waals surface area contributed by atoms with Gasteiger partial charge in [-0.3, -0.25) is 14.7 Å². The summed E-state index contributed by atoms with van der Waals surface area (Å²) in [6.07, 6.45) is 5.53. The number of hydrogen-bond acceptors (Lipinski definition) is 2. The Morgan fingerprint density at radius 3 is 2.50 bits per heavy atom. The normalized spacial score (nSPS) is 11.0. The van der Waals surface area contributed by atoms with Crippen LogP contribution in [0.3, 0.4) is 0 Å². The summed E-state index contributed by atoms with van der Waals surface area (Å²) in [6, 6.07) is 19.5. The second-order valence-electron chi connectivity index (χ2n) is 4.96. The van der Waals surface area contributed by atoms with Gasteiger partial charge in [0.2, 0.25) is 5.91 Å². The van der Waals surface area contributed by atoms with E-state index in [2.05, 4.69) is 4.98 Å². The van der Waals surface area contributed by atoms with Crippen molar-refractivity contribution in [2.24, 2.45) is 0 Å². The van der Waals surface area contributed by atoms with E-state index in [9.17, 15) is 4.79 Å². The summed E-state index contributed by atoms with van der Waals surface area (Å²) in [5.41, 5.74) is 2.83. The smallest absolute Gasteiger partial charge is 0.227 e. The van der Waals surface area contributed by atoms with Crippen molar-refractivity contribution in [1.82, 2.24) is 4.98 Å². The van der Waals surface area contributed by atoms with E-state index < -0.39 is 0 Å². The summed E-state index contributed by atoms with van der Waals surface area (Å²) in [5, 5.41) is 1.07. The minimum atomic E-state index is -0.0270. The SMILES string of the molecule is CC(=O)N(C=Cc1ccnc2ccccc12)c1ccccc1. The standard InChI is InChI=1S/C19H16N2O/c1-15(22)21(17-7-3-2-4-8-17)14-12-16-11-13-20-19-10-6-5-9-18(16)19/h2-14H,1H3. The summed E-state index contributed by atoms with van der Waals surface area (Å²) in [6.45, 7) is 1.56. The van der Waals surface area contributed by atoms with Gasteiger partial charge in [0, 0.05) is 30.4 Å². The predicted octanol–water partition coefficient (Wildman–Crippen LogP) is 4.26. The number of para-hydroxylation sites is 2. The van der Waals surface area contributed by atoms with Crippen molar-refractivity contribution in [2.75, 3.05) is 4.90 Å². The fourth-order valence-electron chi connectivity index (χ4n) is 2.38. The van der Waals surface area contributed by atoms with E-state index >= 15 is 0 Å². The second-order valence-corrected chi connectivity index (χ2v) is 4.96. The molecule has 0 N–H and O–H groups in total. The Morgan fingerprint density at radius 1 is 1.00 bits per heavy atom. The highest BCUT2D eigenvalue weighted by Crippen LogP contribution is 2.19. The topological polar surface area (TPSA) is 33.2 Å². The van der Waals surface area contributed by atoms with E-state index in [1.165, 1.54) is 0 Å². The molecule has 0 aliphatic rings. The summed E-state index contributed by atoms with van der Waals surface area (Å²) >= 11 is 0. The largest absolute Gasteiger partial charge is 0.288 e. The molecule has 0 aliphatic heterocycles. The monoisotopic (exact) mass is 288 g/mol. The van der Waals surface area contributed by atoms with E-state index in [1.807, 2.05) is 66.7 Å². The Labute approximate surface area is 129 Å². The highest BCUT2D eigenvalue weighted by molar-refractivity contribution is 5.95. The minimum Gasteiger partial charge on any atom is -0.288 e. The lowest BCUT2D eigenvalue weighted by Gasteiger charge is -2.16. The van der Waals surface area contributed by atoms with Gasteiger partial charge in [-0.25, -0.2) is 0 Å². The lowest BCUT2D eigenvalue weighted by atomic mass is 10.1. The third-order valence-corrected chi connectivity index (χ3v) is 3.46. The van der Waals surface area contributed by atoms with Crippen LogP contribution in [-0.2, 0) is 4.79 Å².